The molecule has 150 valence electrons. The van der Waals surface area contributed by atoms with E-state index >= 15 is 0 Å². The van der Waals surface area contributed by atoms with Crippen LogP contribution >= 0.6 is 11.6 Å². The van der Waals surface area contributed by atoms with Crippen LogP contribution in [0.15, 0.2) is 24.3 Å². The van der Waals surface area contributed by atoms with Gasteiger partial charge in [0, 0.05) is 45.2 Å². The first kappa shape index (κ1) is 21.7. The maximum Gasteiger partial charge on any atom is 0.227 e. The minimum Gasteiger partial charge on any atom is -0.383 e. The third-order valence-electron chi connectivity index (χ3n) is 5.04. The SMILES string of the molecule is COCCN1C(=O)CC[C@@H](C(=O)N(C)CCN(C)C)[C@@H]1c1ccccc1Cl. The van der Waals surface area contributed by atoms with Crippen LogP contribution in [-0.4, -0.2) is 81.0 Å². The number of likely N-dealkylation sites (tertiary alicyclic amines) is 1. The molecule has 2 atom stereocenters. The fourth-order valence-corrected chi connectivity index (χ4v) is 3.76. The molecule has 1 heterocycles. The molecule has 0 bridgehead atoms. The van der Waals surface area contributed by atoms with E-state index in [4.69, 9.17) is 16.3 Å². The molecule has 1 aliphatic heterocycles. The minimum absolute atomic E-state index is 0.0389. The van der Waals surface area contributed by atoms with Gasteiger partial charge >= 0.3 is 0 Å². The van der Waals surface area contributed by atoms with Crippen molar-refractivity contribution in [3.63, 3.8) is 0 Å². The molecular formula is C20H30ClN3O3. The van der Waals surface area contributed by atoms with Gasteiger partial charge in [0.05, 0.1) is 18.6 Å². The third kappa shape index (κ3) is 5.43. The summed E-state index contributed by atoms with van der Waals surface area (Å²) in [6.07, 6.45) is 0.895. The lowest BCUT2D eigenvalue weighted by Gasteiger charge is -2.42. The summed E-state index contributed by atoms with van der Waals surface area (Å²) < 4.78 is 5.19. The molecule has 2 amide bonds. The fraction of sp³-hybridized carbons (Fsp3) is 0.600. The summed E-state index contributed by atoms with van der Waals surface area (Å²) in [5.74, 6) is -0.222. The summed E-state index contributed by atoms with van der Waals surface area (Å²) in [6, 6.07) is 7.10. The highest BCUT2D eigenvalue weighted by atomic mass is 35.5. The second-order valence-electron chi connectivity index (χ2n) is 7.25. The van der Waals surface area contributed by atoms with E-state index in [2.05, 4.69) is 0 Å². The Balaban J connectivity index is 2.34. The van der Waals surface area contributed by atoms with Crippen LogP contribution in [0.4, 0.5) is 0 Å². The number of benzene rings is 1. The summed E-state index contributed by atoms with van der Waals surface area (Å²) in [6.45, 7) is 2.29. The molecule has 0 saturated carbocycles. The Morgan fingerprint density at radius 2 is 1.96 bits per heavy atom. The van der Waals surface area contributed by atoms with E-state index in [-0.39, 0.29) is 23.8 Å². The van der Waals surface area contributed by atoms with Crippen LogP contribution in [0.5, 0.6) is 0 Å². The van der Waals surface area contributed by atoms with Crippen LogP contribution in [0.1, 0.15) is 24.4 Å². The van der Waals surface area contributed by atoms with Gasteiger partial charge in [0.15, 0.2) is 0 Å². The Hall–Kier alpha value is -1.63. The van der Waals surface area contributed by atoms with E-state index in [1.807, 2.05) is 50.3 Å². The van der Waals surface area contributed by atoms with Crippen molar-refractivity contribution in [3.05, 3.63) is 34.9 Å². The lowest BCUT2D eigenvalue weighted by Crippen LogP contribution is -2.50. The second-order valence-corrected chi connectivity index (χ2v) is 7.66. The van der Waals surface area contributed by atoms with Gasteiger partial charge in [-0.15, -0.1) is 0 Å². The van der Waals surface area contributed by atoms with Crippen LogP contribution in [0.3, 0.4) is 0 Å². The van der Waals surface area contributed by atoms with Crippen molar-refractivity contribution in [2.75, 3.05) is 54.5 Å². The molecule has 0 N–H and O–H groups in total. The van der Waals surface area contributed by atoms with E-state index in [0.29, 0.717) is 37.6 Å². The van der Waals surface area contributed by atoms with Crippen molar-refractivity contribution < 1.29 is 14.3 Å². The van der Waals surface area contributed by atoms with E-state index in [9.17, 15) is 9.59 Å². The van der Waals surface area contributed by atoms with Crippen molar-refractivity contribution >= 4 is 23.4 Å². The van der Waals surface area contributed by atoms with Gasteiger partial charge in [-0.1, -0.05) is 29.8 Å². The number of likely N-dealkylation sites (N-methyl/N-ethyl adjacent to an activating group) is 2. The molecule has 7 heteroatoms. The van der Waals surface area contributed by atoms with Crippen LogP contribution in [0, 0.1) is 5.92 Å². The standard InChI is InChI=1S/C20H30ClN3O3/c1-22(2)11-12-23(3)20(26)16-9-10-18(25)24(13-14-27-4)19(16)15-7-5-6-8-17(15)21/h5-8,16,19H,9-14H2,1-4H3/t16-,19+/m1/s1. The number of piperidine rings is 1. The average Bonchev–Trinajstić information content (AvgIpc) is 2.65. The number of methoxy groups -OCH3 is 1. The van der Waals surface area contributed by atoms with Crippen LogP contribution in [0.2, 0.25) is 5.02 Å². The maximum atomic E-state index is 13.2. The van der Waals surface area contributed by atoms with Gasteiger partial charge in [0.2, 0.25) is 11.8 Å². The highest BCUT2D eigenvalue weighted by Gasteiger charge is 2.42. The van der Waals surface area contributed by atoms with E-state index in [0.717, 1.165) is 12.1 Å². The number of ether oxygens (including phenoxy) is 1. The Morgan fingerprint density at radius 3 is 2.59 bits per heavy atom. The quantitative estimate of drug-likeness (QED) is 0.677. The largest absolute Gasteiger partial charge is 0.383 e. The zero-order chi connectivity index (χ0) is 20.0. The minimum atomic E-state index is -0.371. The number of hydrogen-bond acceptors (Lipinski definition) is 4. The molecule has 1 aliphatic rings. The summed E-state index contributed by atoms with van der Waals surface area (Å²) in [4.78, 5) is 31.4. The molecule has 0 spiro atoms. The van der Waals surface area contributed by atoms with Crippen molar-refractivity contribution in [2.45, 2.75) is 18.9 Å². The van der Waals surface area contributed by atoms with Gasteiger partial charge in [0.1, 0.15) is 0 Å². The average molecular weight is 396 g/mol. The first-order valence-electron chi connectivity index (χ1n) is 9.29. The van der Waals surface area contributed by atoms with Gasteiger partial charge in [-0.3, -0.25) is 9.59 Å². The first-order valence-corrected chi connectivity index (χ1v) is 9.67. The van der Waals surface area contributed by atoms with Gasteiger partial charge in [0.25, 0.3) is 0 Å². The molecule has 1 fully saturated rings. The van der Waals surface area contributed by atoms with Gasteiger partial charge < -0.3 is 19.4 Å². The summed E-state index contributed by atoms with van der Waals surface area (Å²) >= 11 is 6.46. The van der Waals surface area contributed by atoms with E-state index in [1.165, 1.54) is 0 Å². The molecule has 0 aliphatic carbocycles. The molecule has 6 nitrogen and oxygen atoms in total. The highest BCUT2D eigenvalue weighted by molar-refractivity contribution is 6.31. The number of halogens is 1. The second kappa shape index (κ2) is 10.1. The number of amides is 2. The molecule has 1 saturated heterocycles. The molecule has 1 aromatic rings. The van der Waals surface area contributed by atoms with Crippen molar-refractivity contribution in [3.8, 4) is 0 Å². The van der Waals surface area contributed by atoms with E-state index < -0.39 is 0 Å². The van der Waals surface area contributed by atoms with Gasteiger partial charge in [-0.05, 0) is 32.1 Å². The van der Waals surface area contributed by atoms with E-state index in [1.54, 1.807) is 16.9 Å². The fourth-order valence-electron chi connectivity index (χ4n) is 3.51. The molecular weight excluding hydrogens is 366 g/mol. The topological polar surface area (TPSA) is 53.1 Å². The number of hydrogen-bond donors (Lipinski definition) is 0. The Bertz CT molecular complexity index is 653. The Labute approximate surface area is 167 Å². The summed E-state index contributed by atoms with van der Waals surface area (Å²) in [7, 11) is 7.40. The van der Waals surface area contributed by atoms with Crippen molar-refractivity contribution in [2.24, 2.45) is 5.92 Å². The predicted octanol–water partition coefficient (Wildman–Crippen LogP) is 2.29. The zero-order valence-corrected chi connectivity index (χ0v) is 17.4. The van der Waals surface area contributed by atoms with Crippen molar-refractivity contribution in [1.82, 2.24) is 14.7 Å². The maximum absolute atomic E-state index is 13.2. The smallest absolute Gasteiger partial charge is 0.227 e. The molecule has 0 aromatic heterocycles. The number of carbonyl (C=O) groups is 2. The molecule has 0 unspecified atom stereocenters. The molecule has 1 aromatic carbocycles. The first-order chi connectivity index (χ1) is 12.9. The molecule has 0 radical (unpaired) electrons. The summed E-state index contributed by atoms with van der Waals surface area (Å²) in [5.41, 5.74) is 0.822. The summed E-state index contributed by atoms with van der Waals surface area (Å²) in [5, 5.41) is 0.577. The lowest BCUT2D eigenvalue weighted by atomic mass is 9.83. The Morgan fingerprint density at radius 1 is 1.26 bits per heavy atom. The zero-order valence-electron chi connectivity index (χ0n) is 16.7. The highest BCUT2D eigenvalue weighted by Crippen LogP contribution is 2.40. The third-order valence-corrected chi connectivity index (χ3v) is 5.39. The van der Waals surface area contributed by atoms with Crippen molar-refractivity contribution in [1.29, 1.82) is 0 Å². The predicted molar refractivity (Wildman–Crippen MR) is 107 cm³/mol. The van der Waals surface area contributed by atoms with Crippen LogP contribution < -0.4 is 0 Å². The normalized spacial score (nSPS) is 20.2. The van der Waals surface area contributed by atoms with Crippen LogP contribution in [0.25, 0.3) is 0 Å². The van der Waals surface area contributed by atoms with Gasteiger partial charge in [-0.2, -0.15) is 0 Å². The monoisotopic (exact) mass is 395 g/mol. The number of nitrogens with zero attached hydrogens (tertiary/aromatic N) is 3. The number of carbonyl (C=O) groups excluding carboxylic acids is 2. The number of rotatable bonds is 8. The lowest BCUT2D eigenvalue weighted by molar-refractivity contribution is -0.148. The van der Waals surface area contributed by atoms with Crippen LogP contribution in [-0.2, 0) is 14.3 Å². The molecule has 2 rings (SSSR count). The van der Waals surface area contributed by atoms with Gasteiger partial charge in [-0.25, -0.2) is 0 Å². The Kier molecular flexibility index (Phi) is 8.07. The molecule has 27 heavy (non-hydrogen) atoms.